The monoisotopic (exact) mass is 709 g/mol. The first-order chi connectivity index (χ1) is 22.0. The smallest absolute Gasteiger partial charge is 0.382 e. The molecule has 10 heteroatoms. The highest BCUT2D eigenvalue weighted by molar-refractivity contribution is 9.10. The van der Waals surface area contributed by atoms with Crippen LogP contribution in [0, 0.1) is 43.1 Å². The molecule has 0 aromatic carbocycles. The van der Waals surface area contributed by atoms with Gasteiger partial charge in [0.1, 0.15) is 6.20 Å². The first-order valence-corrected chi connectivity index (χ1v) is 17.9. The number of hydrogen-bond acceptors (Lipinski definition) is 7. The number of halogens is 1. The van der Waals surface area contributed by atoms with Gasteiger partial charge in [0.25, 0.3) is 4.73 Å². The molecule has 47 heavy (non-hydrogen) atoms. The van der Waals surface area contributed by atoms with Crippen LogP contribution in [0.15, 0.2) is 57.2 Å². The van der Waals surface area contributed by atoms with E-state index in [2.05, 4.69) is 67.7 Å². The number of aliphatic hydroxyl groups is 1. The summed E-state index contributed by atoms with van der Waals surface area (Å²) in [6.45, 7) is 14.6. The van der Waals surface area contributed by atoms with E-state index >= 15 is 0 Å². The van der Waals surface area contributed by atoms with Crippen molar-refractivity contribution in [3.05, 3.63) is 67.3 Å². The molecule has 0 bridgehead atoms. The van der Waals surface area contributed by atoms with E-state index < -0.39 is 10.3 Å². The summed E-state index contributed by atoms with van der Waals surface area (Å²) in [5.74, 6) is -0.371. The number of ketones is 1. The summed E-state index contributed by atoms with van der Waals surface area (Å²) < 4.78 is 8.12. The van der Waals surface area contributed by atoms with Gasteiger partial charge in [0.05, 0.1) is 12.0 Å². The number of fused-ring (bicyclic) bond motifs is 7. The second-order valence-electron chi connectivity index (χ2n) is 16.1. The number of aliphatic hydroxyl groups excluding tert-OH is 1. The zero-order valence-electron chi connectivity index (χ0n) is 28.6. The van der Waals surface area contributed by atoms with Gasteiger partial charge >= 0.3 is 11.8 Å². The first-order valence-electron chi connectivity index (χ1n) is 17.1. The zero-order valence-corrected chi connectivity index (χ0v) is 30.2. The first kappa shape index (κ1) is 33.9. The Kier molecular flexibility index (Phi) is 8.33. The lowest BCUT2D eigenvalue weighted by molar-refractivity contribution is -0.389. The number of unbranched alkanes of at least 4 members (excludes halogenated alkanes) is 2. The number of allylic oxidation sites excluding steroid dienone is 7. The van der Waals surface area contributed by atoms with Crippen LogP contribution in [0.25, 0.3) is 0 Å². The van der Waals surface area contributed by atoms with Crippen LogP contribution in [0.5, 0.6) is 0 Å². The second kappa shape index (κ2) is 11.6. The van der Waals surface area contributed by atoms with E-state index in [1.165, 1.54) is 11.8 Å². The molecule has 0 amide bonds. The maximum atomic E-state index is 13.7. The summed E-state index contributed by atoms with van der Waals surface area (Å²) in [5, 5.41) is 21.4. The maximum absolute atomic E-state index is 13.7. The average Bonchev–Trinajstić information content (AvgIpc) is 3.40. The number of hydrogen-bond donors (Lipinski definition) is 1. The highest BCUT2D eigenvalue weighted by Gasteiger charge is 2.67. The zero-order chi connectivity index (χ0) is 34.2. The van der Waals surface area contributed by atoms with Gasteiger partial charge in [-0.1, -0.05) is 45.4 Å². The number of imidazole rings is 1. The Hall–Kier alpha value is -3.01. The molecule has 3 saturated carbocycles. The number of carbonyl (C=O) groups is 2. The van der Waals surface area contributed by atoms with Crippen LogP contribution >= 0.6 is 15.9 Å². The van der Waals surface area contributed by atoms with Gasteiger partial charge < -0.3 is 20.0 Å². The third-order valence-corrected chi connectivity index (χ3v) is 14.2. The van der Waals surface area contributed by atoms with Crippen molar-refractivity contribution < 1.29 is 24.4 Å². The number of ether oxygens (including phenoxy) is 1. The summed E-state index contributed by atoms with van der Waals surface area (Å²) in [4.78, 5) is 40.9. The van der Waals surface area contributed by atoms with E-state index in [0.717, 1.165) is 75.4 Å². The van der Waals surface area contributed by atoms with Crippen LogP contribution in [0.3, 0.4) is 0 Å². The number of nitrogens with zero attached hydrogens (tertiary/aromatic N) is 3. The van der Waals surface area contributed by atoms with Crippen molar-refractivity contribution in [1.29, 1.82) is 0 Å². The molecule has 0 aliphatic heterocycles. The van der Waals surface area contributed by atoms with E-state index in [9.17, 15) is 24.8 Å². The number of rotatable bonds is 8. The Labute approximate surface area is 285 Å². The molecule has 3 fully saturated rings. The van der Waals surface area contributed by atoms with E-state index in [4.69, 9.17) is 4.74 Å². The SMILES string of the molecule is CC1=C(O)C(=O)C=C2C1=CC=C1[C@@]2(C)CC[C@@]2(C)[C@@H]3C[C@](C)(C(=O)OCCCCCn4cc([N+](=O)[O-])nc4Br)CC[C@]3(C)CC[C@]12C. The molecule has 5 aliphatic carbocycles. The molecule has 1 aromatic rings. The Bertz CT molecular complexity index is 1670. The summed E-state index contributed by atoms with van der Waals surface area (Å²) in [5.41, 5.74) is 3.29. The van der Waals surface area contributed by atoms with Gasteiger partial charge in [-0.3, -0.25) is 14.2 Å². The molecular formula is C37H48BrN3O6. The molecule has 254 valence electrons. The average molecular weight is 711 g/mol. The molecule has 0 saturated heterocycles. The molecule has 1 N–H and O–H groups in total. The van der Waals surface area contributed by atoms with Gasteiger partial charge in [-0.05, 0) is 127 Å². The normalized spacial score (nSPS) is 36.3. The molecule has 0 radical (unpaired) electrons. The van der Waals surface area contributed by atoms with Gasteiger partial charge in [0.15, 0.2) is 5.76 Å². The molecule has 0 unspecified atom stereocenters. The molecule has 6 rings (SSSR count). The van der Waals surface area contributed by atoms with Crippen molar-refractivity contribution in [2.45, 2.75) is 112 Å². The molecule has 1 heterocycles. The Morgan fingerprint density at radius 3 is 2.51 bits per heavy atom. The number of aromatic nitrogens is 2. The van der Waals surface area contributed by atoms with Gasteiger partial charge in [-0.15, -0.1) is 0 Å². The maximum Gasteiger partial charge on any atom is 0.382 e. The summed E-state index contributed by atoms with van der Waals surface area (Å²) in [6.07, 6.45) is 16.6. The van der Waals surface area contributed by atoms with Crippen LogP contribution in [-0.4, -0.2) is 37.9 Å². The second-order valence-corrected chi connectivity index (χ2v) is 16.8. The molecule has 6 atom stereocenters. The van der Waals surface area contributed by atoms with Crippen LogP contribution < -0.4 is 0 Å². The van der Waals surface area contributed by atoms with Crippen molar-refractivity contribution >= 4 is 33.5 Å². The van der Waals surface area contributed by atoms with Crippen molar-refractivity contribution in [1.82, 2.24) is 9.55 Å². The van der Waals surface area contributed by atoms with Crippen molar-refractivity contribution in [3.8, 4) is 0 Å². The minimum atomic E-state index is -0.543. The van der Waals surface area contributed by atoms with Crippen molar-refractivity contribution in [2.75, 3.05) is 6.61 Å². The lowest BCUT2D eigenvalue weighted by atomic mass is 9.34. The fraction of sp³-hybridized carbons (Fsp3) is 0.649. The largest absolute Gasteiger partial charge is 0.504 e. The van der Waals surface area contributed by atoms with Gasteiger partial charge in [0.2, 0.25) is 5.78 Å². The third kappa shape index (κ3) is 5.19. The molecule has 0 spiro atoms. The van der Waals surface area contributed by atoms with E-state index in [1.54, 1.807) is 10.6 Å². The van der Waals surface area contributed by atoms with E-state index in [1.807, 2.05) is 6.92 Å². The topological polar surface area (TPSA) is 125 Å². The lowest BCUT2D eigenvalue weighted by Crippen LogP contribution is -2.62. The van der Waals surface area contributed by atoms with Gasteiger partial charge in [-0.2, -0.15) is 0 Å². The number of esters is 1. The van der Waals surface area contributed by atoms with Crippen molar-refractivity contribution in [3.63, 3.8) is 0 Å². The quantitative estimate of drug-likeness (QED) is 0.124. The number of carbonyl (C=O) groups excluding carboxylic acids is 2. The summed E-state index contributed by atoms with van der Waals surface area (Å²) in [6, 6.07) is 0. The molecule has 1 aromatic heterocycles. The molecule has 5 aliphatic rings. The van der Waals surface area contributed by atoms with Crippen LogP contribution in [0.1, 0.15) is 106 Å². The van der Waals surface area contributed by atoms with Crippen molar-refractivity contribution in [2.24, 2.45) is 33.0 Å². The highest BCUT2D eigenvalue weighted by Crippen LogP contribution is 2.75. The summed E-state index contributed by atoms with van der Waals surface area (Å²) in [7, 11) is 0. The van der Waals surface area contributed by atoms with Crippen LogP contribution in [0.2, 0.25) is 0 Å². The fourth-order valence-electron chi connectivity index (χ4n) is 10.2. The van der Waals surface area contributed by atoms with E-state index in [-0.39, 0.29) is 45.0 Å². The minimum absolute atomic E-state index is 0.0262. The highest BCUT2D eigenvalue weighted by atomic mass is 79.9. The number of aryl methyl sites for hydroxylation is 1. The molecular weight excluding hydrogens is 662 g/mol. The predicted molar refractivity (Wildman–Crippen MR) is 182 cm³/mol. The van der Waals surface area contributed by atoms with Crippen LogP contribution in [0.4, 0.5) is 5.82 Å². The van der Waals surface area contributed by atoms with Gasteiger partial charge in [-0.25, -0.2) is 0 Å². The van der Waals surface area contributed by atoms with Crippen LogP contribution in [-0.2, 0) is 20.9 Å². The lowest BCUT2D eigenvalue weighted by Gasteiger charge is -2.70. The standard InChI is InChI=1S/C37H48BrN3O6/c1-23-24-10-11-27-35(4,25(24)20-26(42)30(23)43)15-17-37(6)28-21-34(3,13-12-33(28,2)14-16-36(27,37)5)31(44)47-19-9-7-8-18-40-22-29(41(45)46)39-32(40)38/h10-11,20,22,28,43H,7-9,12-19,21H2,1-6H3/t28-,33-,34-,35+,36-,37+/m1/s1. The third-order valence-electron chi connectivity index (χ3n) is 13.5. The minimum Gasteiger partial charge on any atom is -0.504 e. The fourth-order valence-corrected chi connectivity index (χ4v) is 10.6. The molecule has 9 nitrogen and oxygen atoms in total. The Balaban J connectivity index is 1.15. The van der Waals surface area contributed by atoms with Gasteiger partial charge in [0, 0.05) is 33.5 Å². The Morgan fingerprint density at radius 1 is 1.09 bits per heavy atom. The summed E-state index contributed by atoms with van der Waals surface area (Å²) >= 11 is 3.28. The predicted octanol–water partition coefficient (Wildman–Crippen LogP) is 8.89. The number of nitro groups is 1. The van der Waals surface area contributed by atoms with E-state index in [0.29, 0.717) is 29.4 Å². The Morgan fingerprint density at radius 2 is 1.81 bits per heavy atom.